The molecule has 0 bridgehead atoms. The maximum atomic E-state index is 12.7. The summed E-state index contributed by atoms with van der Waals surface area (Å²) in [7, 11) is 0. The van der Waals surface area contributed by atoms with E-state index in [-0.39, 0.29) is 5.82 Å². The fourth-order valence-electron chi connectivity index (χ4n) is 1.39. The monoisotopic (exact) mass is 215 g/mol. The molecule has 16 heavy (non-hydrogen) atoms. The number of aromatic nitrogens is 5. The van der Waals surface area contributed by atoms with Gasteiger partial charge in [-0.3, -0.25) is 0 Å². The van der Waals surface area contributed by atoms with E-state index < -0.39 is 0 Å². The van der Waals surface area contributed by atoms with Crippen LogP contribution in [0.5, 0.6) is 0 Å². The van der Waals surface area contributed by atoms with Crippen molar-refractivity contribution in [2.75, 3.05) is 0 Å². The van der Waals surface area contributed by atoms with Crippen LogP contribution in [-0.2, 0) is 0 Å². The number of halogens is 1. The van der Waals surface area contributed by atoms with Crippen molar-refractivity contribution < 1.29 is 4.39 Å². The third-order valence-electron chi connectivity index (χ3n) is 2.18. The van der Waals surface area contributed by atoms with E-state index in [0.29, 0.717) is 11.5 Å². The lowest BCUT2D eigenvalue weighted by atomic mass is 10.2. The maximum Gasteiger partial charge on any atom is 0.272 e. The molecule has 0 radical (unpaired) electrons. The number of benzene rings is 1. The van der Waals surface area contributed by atoms with Crippen LogP contribution in [0.4, 0.5) is 4.39 Å². The first-order chi connectivity index (χ1) is 7.83. The van der Waals surface area contributed by atoms with Gasteiger partial charge in [0, 0.05) is 5.56 Å². The minimum atomic E-state index is -0.278. The molecule has 0 saturated heterocycles. The summed E-state index contributed by atoms with van der Waals surface area (Å²) in [6, 6.07) is 6.05. The van der Waals surface area contributed by atoms with Crippen molar-refractivity contribution >= 4 is 5.78 Å². The van der Waals surface area contributed by atoms with Gasteiger partial charge in [-0.25, -0.2) is 9.37 Å². The van der Waals surface area contributed by atoms with Crippen LogP contribution in [0.2, 0.25) is 0 Å². The number of hydrogen-bond acceptors (Lipinski definition) is 4. The third-order valence-corrected chi connectivity index (χ3v) is 2.18. The Bertz CT molecular complexity index is 631. The molecule has 0 amide bonds. The van der Waals surface area contributed by atoms with Gasteiger partial charge in [0.15, 0.2) is 0 Å². The van der Waals surface area contributed by atoms with Crippen LogP contribution in [0.25, 0.3) is 17.0 Å². The Kier molecular flexibility index (Phi) is 1.86. The average Bonchev–Trinajstić information content (AvgIpc) is 2.77. The molecule has 5 nitrogen and oxygen atoms in total. The fraction of sp³-hybridized carbons (Fsp3) is 0. The van der Waals surface area contributed by atoms with Crippen molar-refractivity contribution in [1.82, 2.24) is 24.8 Å². The normalized spacial score (nSPS) is 10.8. The van der Waals surface area contributed by atoms with E-state index in [1.165, 1.54) is 23.0 Å². The fourth-order valence-corrected chi connectivity index (χ4v) is 1.39. The van der Waals surface area contributed by atoms with Crippen molar-refractivity contribution in [1.29, 1.82) is 0 Å². The standard InChI is InChI=1S/C10H6FN5/c11-8-3-1-7(2-4-8)9-5-13-16-6-12-15-10(16)14-9/h1-6H. The summed E-state index contributed by atoms with van der Waals surface area (Å²) in [6.45, 7) is 0. The molecule has 3 aromatic rings. The highest BCUT2D eigenvalue weighted by molar-refractivity contribution is 5.59. The number of rotatable bonds is 1. The van der Waals surface area contributed by atoms with Gasteiger partial charge in [0.25, 0.3) is 5.78 Å². The molecule has 2 heterocycles. The Balaban J connectivity index is 2.14. The molecule has 1 aromatic carbocycles. The van der Waals surface area contributed by atoms with Gasteiger partial charge in [0.2, 0.25) is 0 Å². The third kappa shape index (κ3) is 1.40. The molecule has 0 fully saturated rings. The number of fused-ring (bicyclic) bond motifs is 1. The van der Waals surface area contributed by atoms with E-state index in [0.717, 1.165) is 5.56 Å². The molecule has 0 spiro atoms. The summed E-state index contributed by atoms with van der Waals surface area (Å²) in [5, 5.41) is 11.5. The van der Waals surface area contributed by atoms with Crippen LogP contribution in [-0.4, -0.2) is 24.8 Å². The van der Waals surface area contributed by atoms with E-state index in [1.54, 1.807) is 18.3 Å². The maximum absolute atomic E-state index is 12.7. The molecule has 0 saturated carbocycles. The van der Waals surface area contributed by atoms with E-state index >= 15 is 0 Å². The van der Waals surface area contributed by atoms with Gasteiger partial charge >= 0.3 is 0 Å². The quantitative estimate of drug-likeness (QED) is 0.614. The number of nitrogens with zero attached hydrogens (tertiary/aromatic N) is 5. The van der Waals surface area contributed by atoms with Gasteiger partial charge < -0.3 is 0 Å². The molecular weight excluding hydrogens is 209 g/mol. The second kappa shape index (κ2) is 3.34. The highest BCUT2D eigenvalue weighted by Crippen LogP contribution is 2.16. The molecule has 6 heteroatoms. The van der Waals surface area contributed by atoms with Crippen LogP contribution in [0.3, 0.4) is 0 Å². The van der Waals surface area contributed by atoms with Gasteiger partial charge in [0.1, 0.15) is 12.1 Å². The molecule has 0 aliphatic rings. The van der Waals surface area contributed by atoms with E-state index in [9.17, 15) is 4.39 Å². The van der Waals surface area contributed by atoms with Gasteiger partial charge in [-0.05, 0) is 24.3 Å². The summed E-state index contributed by atoms with van der Waals surface area (Å²) in [5.41, 5.74) is 1.43. The van der Waals surface area contributed by atoms with Gasteiger partial charge in [-0.1, -0.05) is 0 Å². The van der Waals surface area contributed by atoms with Gasteiger partial charge in [-0.2, -0.15) is 9.61 Å². The van der Waals surface area contributed by atoms with E-state index in [2.05, 4.69) is 20.3 Å². The van der Waals surface area contributed by atoms with Crippen molar-refractivity contribution in [3.8, 4) is 11.3 Å². The Morgan fingerprint density at radius 2 is 1.94 bits per heavy atom. The van der Waals surface area contributed by atoms with Crippen molar-refractivity contribution in [2.45, 2.75) is 0 Å². The van der Waals surface area contributed by atoms with Crippen molar-refractivity contribution in [2.24, 2.45) is 0 Å². The second-order valence-corrected chi connectivity index (χ2v) is 3.22. The summed E-state index contributed by atoms with van der Waals surface area (Å²) in [5.74, 6) is 0.141. The van der Waals surface area contributed by atoms with Crippen molar-refractivity contribution in [3.05, 3.63) is 42.6 Å². The first-order valence-corrected chi connectivity index (χ1v) is 4.62. The predicted octanol–water partition coefficient (Wildman–Crippen LogP) is 1.33. The lowest BCUT2D eigenvalue weighted by Gasteiger charge is -1.99. The Morgan fingerprint density at radius 3 is 2.75 bits per heavy atom. The van der Waals surface area contributed by atoms with Crippen LogP contribution < -0.4 is 0 Å². The molecule has 3 rings (SSSR count). The van der Waals surface area contributed by atoms with Crippen LogP contribution in [0.1, 0.15) is 0 Å². The zero-order chi connectivity index (χ0) is 11.0. The zero-order valence-corrected chi connectivity index (χ0v) is 8.08. The SMILES string of the molecule is Fc1ccc(-c2cnn3cnnc3n2)cc1. The second-order valence-electron chi connectivity index (χ2n) is 3.22. The summed E-state index contributed by atoms with van der Waals surface area (Å²) < 4.78 is 14.2. The molecule has 0 atom stereocenters. The zero-order valence-electron chi connectivity index (χ0n) is 8.08. The van der Waals surface area contributed by atoms with E-state index in [1.807, 2.05) is 0 Å². The van der Waals surface area contributed by atoms with Crippen LogP contribution in [0, 0.1) is 5.82 Å². The lowest BCUT2D eigenvalue weighted by molar-refractivity contribution is 0.628. The highest BCUT2D eigenvalue weighted by Gasteiger charge is 2.03. The van der Waals surface area contributed by atoms with Crippen LogP contribution in [0.15, 0.2) is 36.8 Å². The topological polar surface area (TPSA) is 56.0 Å². The summed E-state index contributed by atoms with van der Waals surface area (Å²) >= 11 is 0. The largest absolute Gasteiger partial charge is 0.272 e. The smallest absolute Gasteiger partial charge is 0.208 e. The highest BCUT2D eigenvalue weighted by atomic mass is 19.1. The van der Waals surface area contributed by atoms with Gasteiger partial charge in [-0.15, -0.1) is 10.2 Å². The van der Waals surface area contributed by atoms with Gasteiger partial charge in [0.05, 0.1) is 11.9 Å². The molecule has 0 N–H and O–H groups in total. The minimum Gasteiger partial charge on any atom is -0.208 e. The molecule has 78 valence electrons. The van der Waals surface area contributed by atoms with Crippen LogP contribution >= 0.6 is 0 Å². The minimum absolute atomic E-state index is 0.278. The Morgan fingerprint density at radius 1 is 1.12 bits per heavy atom. The predicted molar refractivity (Wildman–Crippen MR) is 54.0 cm³/mol. The molecule has 0 aliphatic carbocycles. The molecule has 0 unspecified atom stereocenters. The first-order valence-electron chi connectivity index (χ1n) is 4.62. The number of hydrogen-bond donors (Lipinski definition) is 0. The molecule has 2 aromatic heterocycles. The lowest BCUT2D eigenvalue weighted by Crippen LogP contribution is -1.95. The Hall–Kier alpha value is -2.37. The summed E-state index contributed by atoms with van der Waals surface area (Å²) in [6.07, 6.45) is 3.06. The molecule has 0 aliphatic heterocycles. The average molecular weight is 215 g/mol. The Labute approximate surface area is 89.6 Å². The summed E-state index contributed by atoms with van der Waals surface area (Å²) in [4.78, 5) is 4.24. The van der Waals surface area contributed by atoms with E-state index in [4.69, 9.17) is 0 Å². The molecular formula is C10H6FN5. The first kappa shape index (κ1) is 8.90. The van der Waals surface area contributed by atoms with Crippen molar-refractivity contribution in [3.63, 3.8) is 0 Å².